The molecule has 0 radical (unpaired) electrons. The fraction of sp³-hybridized carbons (Fsp3) is 1.00. The molecule has 2 aliphatic rings. The van der Waals surface area contributed by atoms with Crippen LogP contribution in [0.25, 0.3) is 0 Å². The SMILES string of the molecule is CC1(C2CCOCC2)NCCO1.Cl. The third-order valence-corrected chi connectivity index (χ3v) is 2.98. The Kier molecular flexibility index (Phi) is 3.98. The van der Waals surface area contributed by atoms with Gasteiger partial charge in [0.1, 0.15) is 5.72 Å². The summed E-state index contributed by atoms with van der Waals surface area (Å²) in [5.74, 6) is 0.633. The molecule has 0 amide bonds. The van der Waals surface area contributed by atoms with Gasteiger partial charge in [0, 0.05) is 25.7 Å². The van der Waals surface area contributed by atoms with E-state index >= 15 is 0 Å². The second kappa shape index (κ2) is 4.60. The molecule has 0 aromatic rings. The smallest absolute Gasteiger partial charge is 0.119 e. The summed E-state index contributed by atoms with van der Waals surface area (Å²) in [5, 5.41) is 3.42. The van der Waals surface area contributed by atoms with E-state index in [2.05, 4.69) is 12.2 Å². The molecule has 0 aromatic carbocycles. The van der Waals surface area contributed by atoms with Gasteiger partial charge in [-0.2, -0.15) is 0 Å². The minimum atomic E-state index is -0.0657. The average molecular weight is 208 g/mol. The lowest BCUT2D eigenvalue weighted by Crippen LogP contribution is -2.47. The maximum atomic E-state index is 5.71. The Bertz CT molecular complexity index is 154. The van der Waals surface area contributed by atoms with Crippen molar-refractivity contribution in [2.75, 3.05) is 26.4 Å². The average Bonchev–Trinajstić information content (AvgIpc) is 2.55. The van der Waals surface area contributed by atoms with E-state index in [1.54, 1.807) is 0 Å². The summed E-state index contributed by atoms with van der Waals surface area (Å²) in [5.41, 5.74) is -0.0657. The molecule has 4 heteroatoms. The lowest BCUT2D eigenvalue weighted by molar-refractivity contribution is -0.0799. The van der Waals surface area contributed by atoms with Gasteiger partial charge in [0.05, 0.1) is 6.61 Å². The van der Waals surface area contributed by atoms with Crippen LogP contribution in [0.1, 0.15) is 19.8 Å². The molecule has 0 spiro atoms. The maximum absolute atomic E-state index is 5.71. The Balaban J connectivity index is 0.000000845. The van der Waals surface area contributed by atoms with Crippen LogP contribution in [0.2, 0.25) is 0 Å². The maximum Gasteiger partial charge on any atom is 0.119 e. The van der Waals surface area contributed by atoms with E-state index in [9.17, 15) is 0 Å². The zero-order chi connectivity index (χ0) is 8.44. The summed E-state index contributed by atoms with van der Waals surface area (Å²) in [6.07, 6.45) is 2.26. The minimum Gasteiger partial charge on any atom is -0.381 e. The predicted molar refractivity (Wildman–Crippen MR) is 53.2 cm³/mol. The molecule has 1 unspecified atom stereocenters. The van der Waals surface area contributed by atoms with Gasteiger partial charge in [-0.1, -0.05) is 0 Å². The van der Waals surface area contributed by atoms with Crippen molar-refractivity contribution in [1.29, 1.82) is 0 Å². The second-order valence-electron chi connectivity index (χ2n) is 3.77. The molecule has 0 aliphatic carbocycles. The topological polar surface area (TPSA) is 30.5 Å². The van der Waals surface area contributed by atoms with Gasteiger partial charge in [-0.15, -0.1) is 12.4 Å². The Hall–Kier alpha value is 0.170. The summed E-state index contributed by atoms with van der Waals surface area (Å²) in [6, 6.07) is 0. The van der Waals surface area contributed by atoms with Gasteiger partial charge < -0.3 is 9.47 Å². The fourth-order valence-corrected chi connectivity index (χ4v) is 2.12. The molecule has 3 nitrogen and oxygen atoms in total. The molecule has 78 valence electrons. The van der Waals surface area contributed by atoms with Gasteiger partial charge in [-0.25, -0.2) is 0 Å². The van der Waals surface area contributed by atoms with Crippen LogP contribution < -0.4 is 5.32 Å². The van der Waals surface area contributed by atoms with E-state index in [1.807, 2.05) is 0 Å². The summed E-state index contributed by atoms with van der Waals surface area (Å²) in [7, 11) is 0. The van der Waals surface area contributed by atoms with E-state index in [1.165, 1.54) is 0 Å². The van der Waals surface area contributed by atoms with Crippen molar-refractivity contribution in [3.05, 3.63) is 0 Å². The summed E-state index contributed by atoms with van der Waals surface area (Å²) < 4.78 is 11.0. The number of hydrogen-bond acceptors (Lipinski definition) is 3. The third kappa shape index (κ3) is 2.34. The van der Waals surface area contributed by atoms with Gasteiger partial charge >= 0.3 is 0 Å². The van der Waals surface area contributed by atoms with Crippen molar-refractivity contribution >= 4 is 12.4 Å². The minimum absolute atomic E-state index is 0. The lowest BCUT2D eigenvalue weighted by Gasteiger charge is -2.35. The van der Waals surface area contributed by atoms with Crippen LogP contribution in [0, 0.1) is 5.92 Å². The Labute approximate surface area is 85.6 Å². The Morgan fingerprint density at radius 1 is 1.23 bits per heavy atom. The van der Waals surface area contributed by atoms with E-state index in [-0.39, 0.29) is 18.1 Å². The molecule has 2 rings (SSSR count). The fourth-order valence-electron chi connectivity index (χ4n) is 2.12. The van der Waals surface area contributed by atoms with Crippen molar-refractivity contribution in [2.45, 2.75) is 25.5 Å². The lowest BCUT2D eigenvalue weighted by atomic mass is 9.90. The van der Waals surface area contributed by atoms with Crippen LogP contribution >= 0.6 is 12.4 Å². The van der Waals surface area contributed by atoms with Crippen molar-refractivity contribution in [1.82, 2.24) is 5.32 Å². The van der Waals surface area contributed by atoms with Gasteiger partial charge in [0.2, 0.25) is 0 Å². The summed E-state index contributed by atoms with van der Waals surface area (Å²) in [4.78, 5) is 0. The van der Waals surface area contributed by atoms with Crippen LogP contribution in [0.3, 0.4) is 0 Å². The molecule has 2 aliphatic heterocycles. The molecular formula is C9H18ClNO2. The number of rotatable bonds is 1. The quantitative estimate of drug-likeness (QED) is 0.701. The van der Waals surface area contributed by atoms with Crippen LogP contribution in [0.5, 0.6) is 0 Å². The number of ether oxygens (including phenoxy) is 2. The molecule has 0 saturated carbocycles. The highest BCUT2D eigenvalue weighted by Crippen LogP contribution is 2.30. The molecule has 1 N–H and O–H groups in total. The zero-order valence-electron chi connectivity index (χ0n) is 8.04. The molecule has 2 saturated heterocycles. The monoisotopic (exact) mass is 207 g/mol. The zero-order valence-corrected chi connectivity index (χ0v) is 8.86. The van der Waals surface area contributed by atoms with Crippen LogP contribution in [-0.2, 0) is 9.47 Å². The van der Waals surface area contributed by atoms with Crippen molar-refractivity contribution < 1.29 is 9.47 Å². The largest absolute Gasteiger partial charge is 0.381 e. The van der Waals surface area contributed by atoms with Crippen LogP contribution in [0.15, 0.2) is 0 Å². The number of nitrogens with one attached hydrogen (secondary N) is 1. The van der Waals surface area contributed by atoms with Gasteiger partial charge in [-0.3, -0.25) is 5.32 Å². The first-order valence-corrected chi connectivity index (χ1v) is 4.78. The summed E-state index contributed by atoms with van der Waals surface area (Å²) >= 11 is 0. The highest BCUT2D eigenvalue weighted by atomic mass is 35.5. The van der Waals surface area contributed by atoms with E-state index in [0.717, 1.165) is 39.2 Å². The molecule has 0 bridgehead atoms. The third-order valence-electron chi connectivity index (χ3n) is 2.98. The van der Waals surface area contributed by atoms with Crippen LogP contribution in [0.4, 0.5) is 0 Å². The van der Waals surface area contributed by atoms with Crippen LogP contribution in [-0.4, -0.2) is 32.1 Å². The van der Waals surface area contributed by atoms with Gasteiger partial charge in [0.25, 0.3) is 0 Å². The standard InChI is InChI=1S/C9H17NO2.ClH/c1-9(10-4-7-12-9)8-2-5-11-6-3-8;/h8,10H,2-7H2,1H3;1H. The Morgan fingerprint density at radius 3 is 2.46 bits per heavy atom. The normalized spacial score (nSPS) is 35.8. The molecular weight excluding hydrogens is 190 g/mol. The highest BCUT2D eigenvalue weighted by molar-refractivity contribution is 5.85. The molecule has 2 fully saturated rings. The molecule has 13 heavy (non-hydrogen) atoms. The van der Waals surface area contributed by atoms with Crippen molar-refractivity contribution in [2.24, 2.45) is 5.92 Å². The molecule has 1 atom stereocenters. The summed E-state index contributed by atoms with van der Waals surface area (Å²) in [6.45, 7) is 5.80. The van der Waals surface area contributed by atoms with E-state index in [0.29, 0.717) is 5.92 Å². The van der Waals surface area contributed by atoms with Crippen molar-refractivity contribution in [3.63, 3.8) is 0 Å². The molecule has 2 heterocycles. The Morgan fingerprint density at radius 2 is 1.92 bits per heavy atom. The first-order valence-electron chi connectivity index (χ1n) is 4.78. The van der Waals surface area contributed by atoms with Crippen molar-refractivity contribution in [3.8, 4) is 0 Å². The second-order valence-corrected chi connectivity index (χ2v) is 3.77. The first-order chi connectivity index (χ1) is 5.81. The van der Waals surface area contributed by atoms with Gasteiger partial charge in [-0.05, 0) is 19.8 Å². The van der Waals surface area contributed by atoms with E-state index in [4.69, 9.17) is 9.47 Å². The molecule has 0 aromatic heterocycles. The highest BCUT2D eigenvalue weighted by Gasteiger charge is 2.38. The van der Waals surface area contributed by atoms with Gasteiger partial charge in [0.15, 0.2) is 0 Å². The number of hydrogen-bond donors (Lipinski definition) is 1. The van der Waals surface area contributed by atoms with E-state index < -0.39 is 0 Å². The predicted octanol–water partition coefficient (Wildman–Crippen LogP) is 1.17. The number of halogens is 1. The first kappa shape index (κ1) is 11.2.